The van der Waals surface area contributed by atoms with Crippen molar-refractivity contribution in [2.45, 2.75) is 45.2 Å². The number of benzene rings is 1. The van der Waals surface area contributed by atoms with Gasteiger partial charge in [-0.05, 0) is 68.1 Å². The summed E-state index contributed by atoms with van der Waals surface area (Å²) >= 11 is 0. The van der Waals surface area contributed by atoms with Gasteiger partial charge in [0.2, 0.25) is 0 Å². The third-order valence-corrected chi connectivity index (χ3v) is 4.64. The van der Waals surface area contributed by atoms with Gasteiger partial charge in [0.25, 0.3) is 0 Å². The van der Waals surface area contributed by atoms with Crippen LogP contribution in [0.4, 0.5) is 4.39 Å². The molecule has 1 fully saturated rings. The average Bonchev–Trinajstić information content (AvgIpc) is 3.00. The largest absolute Gasteiger partial charge is 0.481 e. The number of aliphatic carboxylic acids is 1. The van der Waals surface area contributed by atoms with Crippen LogP contribution in [0.2, 0.25) is 0 Å². The molecule has 0 radical (unpaired) electrons. The summed E-state index contributed by atoms with van der Waals surface area (Å²) in [5, 5.41) is 8.90. The van der Waals surface area contributed by atoms with Gasteiger partial charge in [-0.15, -0.1) is 0 Å². The molecule has 1 aromatic carbocycles. The van der Waals surface area contributed by atoms with Crippen LogP contribution >= 0.6 is 0 Å². The van der Waals surface area contributed by atoms with Crippen LogP contribution in [0.1, 0.15) is 47.8 Å². The number of aryl methyl sites for hydroxylation is 2. The molecule has 1 saturated heterocycles. The number of hydrogen-bond donors (Lipinski definition) is 1. The van der Waals surface area contributed by atoms with Gasteiger partial charge in [0, 0.05) is 18.7 Å². The van der Waals surface area contributed by atoms with Crippen LogP contribution in [0.15, 0.2) is 36.4 Å². The molecule has 5 heteroatoms. The lowest BCUT2D eigenvalue weighted by atomic mass is 10.0. The van der Waals surface area contributed by atoms with E-state index in [1.807, 2.05) is 25.1 Å². The first-order valence-electron chi connectivity index (χ1n) is 8.69. The summed E-state index contributed by atoms with van der Waals surface area (Å²) in [6, 6.07) is 10.9. The Hall–Kier alpha value is -2.27. The Kier molecular flexibility index (Phi) is 5.43. The van der Waals surface area contributed by atoms with Gasteiger partial charge in [-0.2, -0.15) is 0 Å². The first-order valence-corrected chi connectivity index (χ1v) is 8.69. The molecule has 2 aromatic rings. The summed E-state index contributed by atoms with van der Waals surface area (Å²) < 4.78 is 13.4. The van der Waals surface area contributed by atoms with Crippen molar-refractivity contribution < 1.29 is 14.3 Å². The van der Waals surface area contributed by atoms with Crippen molar-refractivity contribution in [1.29, 1.82) is 0 Å². The van der Waals surface area contributed by atoms with Crippen LogP contribution in [0.5, 0.6) is 0 Å². The highest BCUT2D eigenvalue weighted by Gasteiger charge is 2.27. The maximum Gasteiger partial charge on any atom is 0.303 e. The summed E-state index contributed by atoms with van der Waals surface area (Å²) in [7, 11) is 0. The van der Waals surface area contributed by atoms with E-state index in [4.69, 9.17) is 5.11 Å². The fraction of sp³-hybridized carbons (Fsp3) is 0.400. The topological polar surface area (TPSA) is 53.4 Å². The number of hydrogen-bond acceptors (Lipinski definition) is 3. The maximum atomic E-state index is 13.4. The van der Waals surface area contributed by atoms with Gasteiger partial charge < -0.3 is 5.11 Å². The van der Waals surface area contributed by atoms with E-state index >= 15 is 0 Å². The molecule has 25 heavy (non-hydrogen) atoms. The molecule has 4 nitrogen and oxygen atoms in total. The van der Waals surface area contributed by atoms with Crippen molar-refractivity contribution in [1.82, 2.24) is 9.88 Å². The minimum absolute atomic E-state index is 0.126. The van der Waals surface area contributed by atoms with Gasteiger partial charge in [0.05, 0.1) is 11.7 Å². The van der Waals surface area contributed by atoms with Gasteiger partial charge in [0.1, 0.15) is 5.82 Å². The second-order valence-corrected chi connectivity index (χ2v) is 6.69. The summed E-state index contributed by atoms with van der Waals surface area (Å²) in [5.41, 5.74) is 3.89. The van der Waals surface area contributed by atoms with E-state index in [2.05, 4.69) is 9.88 Å². The van der Waals surface area contributed by atoms with Crippen molar-refractivity contribution in [2.75, 3.05) is 6.54 Å². The third kappa shape index (κ3) is 4.63. The normalized spacial score (nSPS) is 17.8. The van der Waals surface area contributed by atoms with Crippen LogP contribution < -0.4 is 0 Å². The lowest BCUT2D eigenvalue weighted by Crippen LogP contribution is -2.23. The first-order chi connectivity index (χ1) is 12.0. The highest BCUT2D eigenvalue weighted by molar-refractivity contribution is 5.67. The molecule has 0 saturated carbocycles. The number of likely N-dealkylation sites (tertiary alicyclic amines) is 1. The Morgan fingerprint density at radius 2 is 2.16 bits per heavy atom. The monoisotopic (exact) mass is 342 g/mol. The Morgan fingerprint density at radius 1 is 1.32 bits per heavy atom. The third-order valence-electron chi connectivity index (χ3n) is 4.64. The molecule has 0 unspecified atom stereocenters. The Balaban J connectivity index is 1.78. The minimum Gasteiger partial charge on any atom is -0.481 e. The molecule has 0 spiro atoms. The predicted molar refractivity (Wildman–Crippen MR) is 93.7 cm³/mol. The van der Waals surface area contributed by atoms with Gasteiger partial charge in [0.15, 0.2) is 0 Å². The number of aromatic nitrogens is 1. The predicted octanol–water partition coefficient (Wildman–Crippen LogP) is 3.88. The van der Waals surface area contributed by atoms with E-state index in [0.29, 0.717) is 13.0 Å². The molecular weight excluding hydrogens is 319 g/mol. The fourth-order valence-electron chi connectivity index (χ4n) is 3.55. The zero-order valence-electron chi connectivity index (χ0n) is 14.4. The van der Waals surface area contributed by atoms with Gasteiger partial charge in [-0.3, -0.25) is 14.7 Å². The molecule has 1 atom stereocenters. The van der Waals surface area contributed by atoms with Crippen LogP contribution in [0, 0.1) is 12.7 Å². The molecule has 2 heterocycles. The summed E-state index contributed by atoms with van der Waals surface area (Å²) in [6.07, 6.45) is 2.74. The van der Waals surface area contributed by atoms with Crippen molar-refractivity contribution >= 4 is 5.97 Å². The van der Waals surface area contributed by atoms with E-state index < -0.39 is 5.97 Å². The van der Waals surface area contributed by atoms with E-state index in [0.717, 1.165) is 41.9 Å². The number of halogens is 1. The van der Waals surface area contributed by atoms with Crippen LogP contribution in [-0.4, -0.2) is 27.5 Å². The standard InChI is InChI=1S/C20H23FN2O2/c1-14-10-15(7-8-20(24)25)12-18(22-14)19-6-3-9-23(19)13-16-4-2-5-17(21)11-16/h2,4-5,10-12,19H,3,6-9,13H2,1H3,(H,24,25)/t19-/m1/s1. The zero-order chi connectivity index (χ0) is 17.8. The second kappa shape index (κ2) is 7.74. The van der Waals surface area contributed by atoms with Gasteiger partial charge >= 0.3 is 5.97 Å². The Bertz CT molecular complexity index is 763. The van der Waals surface area contributed by atoms with Crippen molar-refractivity contribution in [2.24, 2.45) is 0 Å². The number of nitrogens with zero attached hydrogens (tertiary/aromatic N) is 2. The lowest BCUT2D eigenvalue weighted by molar-refractivity contribution is -0.136. The number of carbonyl (C=O) groups is 1. The lowest BCUT2D eigenvalue weighted by Gasteiger charge is -2.25. The van der Waals surface area contributed by atoms with E-state index in [1.54, 1.807) is 12.1 Å². The molecule has 3 rings (SSSR count). The first kappa shape index (κ1) is 17.5. The smallest absolute Gasteiger partial charge is 0.303 e. The SMILES string of the molecule is Cc1cc(CCC(=O)O)cc([C@H]2CCCN2Cc2cccc(F)c2)n1. The van der Waals surface area contributed by atoms with E-state index in [1.165, 1.54) is 6.07 Å². The van der Waals surface area contributed by atoms with Crippen molar-refractivity contribution in [3.8, 4) is 0 Å². The summed E-state index contributed by atoms with van der Waals surface area (Å²) in [5.74, 6) is -0.998. The van der Waals surface area contributed by atoms with Crippen LogP contribution in [0.25, 0.3) is 0 Å². The number of carboxylic acid groups (broad SMARTS) is 1. The minimum atomic E-state index is -0.787. The van der Waals surface area contributed by atoms with Crippen molar-refractivity contribution in [3.63, 3.8) is 0 Å². The molecule has 132 valence electrons. The Labute approximate surface area is 147 Å². The molecule has 0 aliphatic carbocycles. The molecule has 1 N–H and O–H groups in total. The highest BCUT2D eigenvalue weighted by Crippen LogP contribution is 2.33. The summed E-state index contributed by atoms with van der Waals surface area (Å²) in [4.78, 5) is 17.8. The van der Waals surface area contributed by atoms with Gasteiger partial charge in [-0.1, -0.05) is 12.1 Å². The number of pyridine rings is 1. The highest BCUT2D eigenvalue weighted by atomic mass is 19.1. The second-order valence-electron chi connectivity index (χ2n) is 6.69. The van der Waals surface area contributed by atoms with E-state index in [9.17, 15) is 9.18 Å². The Morgan fingerprint density at radius 3 is 2.92 bits per heavy atom. The van der Waals surface area contributed by atoms with Gasteiger partial charge in [-0.25, -0.2) is 4.39 Å². The molecule has 1 aromatic heterocycles. The van der Waals surface area contributed by atoms with Crippen LogP contribution in [-0.2, 0) is 17.8 Å². The molecule has 1 aliphatic heterocycles. The molecule has 0 bridgehead atoms. The molecule has 1 aliphatic rings. The fourth-order valence-corrected chi connectivity index (χ4v) is 3.55. The number of carboxylic acids is 1. The van der Waals surface area contributed by atoms with E-state index in [-0.39, 0.29) is 18.3 Å². The zero-order valence-corrected chi connectivity index (χ0v) is 14.4. The molecular formula is C20H23FN2O2. The molecule has 0 amide bonds. The number of rotatable bonds is 6. The average molecular weight is 342 g/mol. The van der Waals surface area contributed by atoms with Crippen LogP contribution in [0.3, 0.4) is 0 Å². The summed E-state index contributed by atoms with van der Waals surface area (Å²) in [6.45, 7) is 3.60. The quantitative estimate of drug-likeness (QED) is 0.865. The van der Waals surface area contributed by atoms with Crippen molar-refractivity contribution in [3.05, 3.63) is 64.7 Å². The maximum absolute atomic E-state index is 13.4.